The van der Waals surface area contributed by atoms with Gasteiger partial charge < -0.3 is 14.6 Å². The summed E-state index contributed by atoms with van der Waals surface area (Å²) in [5.41, 5.74) is 9.30. The van der Waals surface area contributed by atoms with E-state index in [2.05, 4.69) is 74.7 Å². The number of rotatable bonds is 7. The normalized spacial score (nSPS) is 12.7. The highest BCUT2D eigenvalue weighted by atomic mass is 28.4. The first-order valence-corrected chi connectivity index (χ1v) is 17.9. The number of carbonyl (C=O) groups excluding carboxylic acids is 1. The van der Waals surface area contributed by atoms with Crippen molar-refractivity contribution in [3.8, 4) is 0 Å². The second-order valence-electron chi connectivity index (χ2n) is 12.0. The second-order valence-corrected chi connectivity index (χ2v) is 21.7. The molecule has 0 fully saturated rings. The van der Waals surface area contributed by atoms with Gasteiger partial charge in [-0.15, -0.1) is 0 Å². The highest BCUT2D eigenvalue weighted by Gasteiger charge is 2.38. The zero-order chi connectivity index (χ0) is 26.4. The van der Waals surface area contributed by atoms with Gasteiger partial charge in [-0.1, -0.05) is 77.9 Å². The molecule has 190 valence electrons. The van der Waals surface area contributed by atoms with Crippen LogP contribution in [0, 0.1) is 6.92 Å². The van der Waals surface area contributed by atoms with Gasteiger partial charge in [0.2, 0.25) is 5.91 Å². The maximum atomic E-state index is 11.9. The van der Waals surface area contributed by atoms with Crippen LogP contribution in [0.5, 0.6) is 0 Å². The Labute approximate surface area is 210 Å². The standard InChI is InChI=1S/C22H41NO3Si2.C6H6/c1-16-18(14-25-27(8,9)21(2,3)4)12-17(20(23)24)13-19(16)15-26-28(10,11)22(5,6)7;1-2-4-6-5-3-1/h12-13H,14-15H2,1-11H3,(H2,23,24);1-6H. The van der Waals surface area contributed by atoms with Crippen molar-refractivity contribution in [3.63, 3.8) is 0 Å². The van der Waals surface area contributed by atoms with Crippen LogP contribution in [0.15, 0.2) is 48.5 Å². The van der Waals surface area contributed by atoms with Crippen molar-refractivity contribution in [2.75, 3.05) is 0 Å². The lowest BCUT2D eigenvalue weighted by atomic mass is 9.99. The Hall–Kier alpha value is -1.74. The number of hydrogen-bond donors (Lipinski definition) is 1. The van der Waals surface area contributed by atoms with Crippen LogP contribution < -0.4 is 5.73 Å². The zero-order valence-corrected chi connectivity index (χ0v) is 25.3. The van der Waals surface area contributed by atoms with Gasteiger partial charge in [-0.25, -0.2) is 0 Å². The molecule has 0 atom stereocenters. The SMILES string of the molecule is Cc1c(CO[Si](C)(C)C(C)(C)C)cc(C(N)=O)cc1CO[Si](C)(C)C(C)(C)C.c1ccccc1. The van der Waals surface area contributed by atoms with Gasteiger partial charge in [-0.3, -0.25) is 4.79 Å². The van der Waals surface area contributed by atoms with Crippen LogP contribution in [0.1, 0.15) is 68.6 Å². The number of nitrogens with two attached hydrogens (primary N) is 1. The fourth-order valence-corrected chi connectivity index (χ4v) is 4.51. The molecule has 0 radical (unpaired) electrons. The van der Waals surface area contributed by atoms with E-state index in [1.807, 2.05) is 48.5 Å². The molecule has 34 heavy (non-hydrogen) atoms. The Morgan fingerprint density at radius 2 is 1.03 bits per heavy atom. The van der Waals surface area contributed by atoms with E-state index in [1.165, 1.54) is 0 Å². The minimum atomic E-state index is -1.89. The second kappa shape index (κ2) is 11.8. The molecule has 0 spiro atoms. The molecule has 0 saturated carbocycles. The summed E-state index contributed by atoms with van der Waals surface area (Å²) in [4.78, 5) is 11.9. The van der Waals surface area contributed by atoms with E-state index in [9.17, 15) is 4.79 Å². The molecule has 0 aliphatic rings. The molecule has 2 aromatic rings. The molecule has 6 heteroatoms. The van der Waals surface area contributed by atoms with Gasteiger partial charge in [0.05, 0.1) is 13.2 Å². The van der Waals surface area contributed by atoms with Crippen LogP contribution in [0.4, 0.5) is 0 Å². The van der Waals surface area contributed by atoms with E-state index in [-0.39, 0.29) is 10.1 Å². The van der Waals surface area contributed by atoms with Crippen molar-refractivity contribution in [2.45, 2.75) is 97.9 Å². The van der Waals surface area contributed by atoms with Crippen LogP contribution in [0.3, 0.4) is 0 Å². The molecular formula is C28H47NO3Si2. The molecular weight excluding hydrogens is 454 g/mol. The van der Waals surface area contributed by atoms with Gasteiger partial charge in [0, 0.05) is 5.56 Å². The van der Waals surface area contributed by atoms with Crippen LogP contribution in [0.25, 0.3) is 0 Å². The van der Waals surface area contributed by atoms with Gasteiger partial charge in [0.25, 0.3) is 0 Å². The van der Waals surface area contributed by atoms with Gasteiger partial charge in [-0.2, -0.15) is 0 Å². The number of hydrogen-bond acceptors (Lipinski definition) is 3. The van der Waals surface area contributed by atoms with Gasteiger partial charge >= 0.3 is 0 Å². The van der Waals surface area contributed by atoms with E-state index < -0.39 is 22.5 Å². The van der Waals surface area contributed by atoms with Crippen molar-refractivity contribution < 1.29 is 13.6 Å². The zero-order valence-electron chi connectivity index (χ0n) is 23.3. The summed E-state index contributed by atoms with van der Waals surface area (Å²) < 4.78 is 12.8. The lowest BCUT2D eigenvalue weighted by Gasteiger charge is -2.37. The van der Waals surface area contributed by atoms with Crippen molar-refractivity contribution in [2.24, 2.45) is 5.73 Å². The van der Waals surface area contributed by atoms with E-state index in [1.54, 1.807) is 0 Å². The molecule has 2 rings (SSSR count). The quantitative estimate of drug-likeness (QED) is 0.393. The lowest BCUT2D eigenvalue weighted by molar-refractivity contribution is 0.1000. The summed E-state index contributed by atoms with van der Waals surface area (Å²) in [7, 11) is -3.77. The molecule has 2 aromatic carbocycles. The lowest BCUT2D eigenvalue weighted by Crippen LogP contribution is -2.41. The Morgan fingerprint density at radius 1 is 0.735 bits per heavy atom. The Kier molecular flexibility index (Phi) is 10.5. The third-order valence-corrected chi connectivity index (χ3v) is 16.3. The largest absolute Gasteiger partial charge is 0.413 e. The van der Waals surface area contributed by atoms with Crippen LogP contribution in [-0.4, -0.2) is 22.5 Å². The number of benzene rings is 2. The smallest absolute Gasteiger partial charge is 0.248 e. The van der Waals surface area contributed by atoms with Crippen molar-refractivity contribution in [1.29, 1.82) is 0 Å². The molecule has 0 aliphatic carbocycles. The summed E-state index contributed by atoms with van der Waals surface area (Å²) >= 11 is 0. The fourth-order valence-electron chi connectivity index (χ4n) is 2.62. The summed E-state index contributed by atoms with van der Waals surface area (Å²) in [5.74, 6) is -0.415. The topological polar surface area (TPSA) is 61.5 Å². The maximum Gasteiger partial charge on any atom is 0.248 e. The maximum absolute atomic E-state index is 11.9. The minimum Gasteiger partial charge on any atom is -0.413 e. The predicted octanol–water partition coefficient (Wildman–Crippen LogP) is 7.82. The minimum absolute atomic E-state index is 0.135. The fraction of sp³-hybridized carbons (Fsp3) is 0.536. The number of amides is 1. The molecule has 0 aliphatic heterocycles. The molecule has 4 nitrogen and oxygen atoms in total. The summed E-state index contributed by atoms with van der Waals surface area (Å²) in [5, 5.41) is 0.271. The highest BCUT2D eigenvalue weighted by molar-refractivity contribution is 6.74. The molecule has 0 saturated heterocycles. The van der Waals surface area contributed by atoms with Crippen molar-refractivity contribution >= 4 is 22.5 Å². The van der Waals surface area contributed by atoms with E-state index in [4.69, 9.17) is 14.6 Å². The summed E-state index contributed by atoms with van der Waals surface area (Å²) in [6.07, 6.45) is 0. The Balaban J connectivity index is 0.000000830. The van der Waals surface area contributed by atoms with E-state index >= 15 is 0 Å². The highest BCUT2D eigenvalue weighted by Crippen LogP contribution is 2.38. The van der Waals surface area contributed by atoms with Gasteiger partial charge in [0.15, 0.2) is 16.6 Å². The summed E-state index contributed by atoms with van der Waals surface area (Å²) in [6, 6.07) is 15.8. The number of carbonyl (C=O) groups is 1. The Morgan fingerprint density at radius 3 is 1.26 bits per heavy atom. The van der Waals surface area contributed by atoms with Crippen molar-refractivity contribution in [1.82, 2.24) is 0 Å². The first kappa shape index (κ1) is 30.3. The third kappa shape index (κ3) is 8.80. The Bertz CT molecular complexity index is 849. The molecule has 0 aromatic heterocycles. The van der Waals surface area contributed by atoms with E-state index in [0.29, 0.717) is 18.8 Å². The van der Waals surface area contributed by atoms with Crippen LogP contribution in [0.2, 0.25) is 36.3 Å². The molecule has 0 unspecified atom stereocenters. The van der Waals surface area contributed by atoms with E-state index in [0.717, 1.165) is 16.7 Å². The first-order chi connectivity index (χ1) is 15.4. The van der Waals surface area contributed by atoms with Crippen molar-refractivity contribution in [3.05, 3.63) is 70.8 Å². The molecule has 1 amide bonds. The average Bonchev–Trinajstić information content (AvgIpc) is 2.72. The molecule has 0 heterocycles. The summed E-state index contributed by atoms with van der Waals surface area (Å²) in [6.45, 7) is 25.4. The molecule has 2 N–H and O–H groups in total. The van der Waals surface area contributed by atoms with Gasteiger partial charge in [-0.05, 0) is 72.0 Å². The van der Waals surface area contributed by atoms with Gasteiger partial charge in [0.1, 0.15) is 0 Å². The monoisotopic (exact) mass is 501 g/mol. The van der Waals surface area contributed by atoms with Crippen LogP contribution in [-0.2, 0) is 22.1 Å². The third-order valence-electron chi connectivity index (χ3n) is 7.36. The molecule has 0 bridgehead atoms. The average molecular weight is 502 g/mol. The number of primary amides is 1. The predicted molar refractivity (Wildman–Crippen MR) is 150 cm³/mol. The van der Waals surface area contributed by atoms with Crippen LogP contribution >= 0.6 is 0 Å². The first-order valence-electron chi connectivity index (χ1n) is 12.1.